The quantitative estimate of drug-likeness (QED) is 0.227. The molecule has 1 aliphatic rings. The Bertz CT molecular complexity index is 1970. The van der Waals surface area contributed by atoms with Crippen molar-refractivity contribution >= 4 is 32.3 Å². The highest BCUT2D eigenvalue weighted by atomic mass is 16.6. The molecule has 0 saturated carbocycles. The maximum Gasteiger partial charge on any atom is 0.177 e. The van der Waals surface area contributed by atoms with Crippen molar-refractivity contribution in [3.8, 4) is 45.4 Å². The van der Waals surface area contributed by atoms with Crippen molar-refractivity contribution in [2.75, 3.05) is 0 Å². The van der Waals surface area contributed by atoms with Crippen LogP contribution in [0.15, 0.2) is 128 Å². The Morgan fingerprint density at radius 3 is 1.76 bits per heavy atom. The second kappa shape index (κ2) is 8.19. The van der Waals surface area contributed by atoms with E-state index in [1.807, 2.05) is 36.5 Å². The smallest absolute Gasteiger partial charge is 0.177 e. The first-order valence-corrected chi connectivity index (χ1v) is 12.7. The number of pyridine rings is 1. The van der Waals surface area contributed by atoms with E-state index in [9.17, 15) is 0 Å². The summed E-state index contributed by atoms with van der Waals surface area (Å²) in [5.74, 6) is 2.90. The van der Waals surface area contributed by atoms with Gasteiger partial charge in [0.15, 0.2) is 23.0 Å². The van der Waals surface area contributed by atoms with E-state index in [2.05, 4.69) is 91.0 Å². The first-order valence-electron chi connectivity index (χ1n) is 12.7. The van der Waals surface area contributed by atoms with E-state index >= 15 is 0 Å². The summed E-state index contributed by atoms with van der Waals surface area (Å²) in [7, 11) is 0. The van der Waals surface area contributed by atoms with Gasteiger partial charge in [-0.2, -0.15) is 0 Å². The number of para-hydroxylation sites is 2. The third kappa shape index (κ3) is 3.19. The zero-order valence-electron chi connectivity index (χ0n) is 20.4. The van der Waals surface area contributed by atoms with Crippen LogP contribution in [0.2, 0.25) is 0 Å². The lowest BCUT2D eigenvalue weighted by Gasteiger charge is -2.23. The van der Waals surface area contributed by atoms with Gasteiger partial charge in [-0.1, -0.05) is 91.0 Å². The summed E-state index contributed by atoms with van der Waals surface area (Å²) in [6, 6.07) is 41.7. The van der Waals surface area contributed by atoms with Gasteiger partial charge in [0.2, 0.25) is 0 Å². The fraction of sp³-hybridized carbons (Fsp3) is 0. The summed E-state index contributed by atoms with van der Waals surface area (Å²) in [6.07, 6.45) is 1.97. The number of benzene rings is 6. The average molecular weight is 488 g/mol. The monoisotopic (exact) mass is 487 g/mol. The molecule has 8 rings (SSSR count). The summed E-state index contributed by atoms with van der Waals surface area (Å²) in [4.78, 5) is 5.01. The van der Waals surface area contributed by atoms with Crippen LogP contribution in [0.4, 0.5) is 0 Å². The predicted molar refractivity (Wildman–Crippen MR) is 154 cm³/mol. The molecule has 6 aromatic carbocycles. The summed E-state index contributed by atoms with van der Waals surface area (Å²) in [5, 5.41) is 6.94. The SMILES string of the molecule is c1ccc2c(c1)Oc1cc(-c3ccc(-c4c5ccccc5cc5ccccc45)nc3)c3ccccc3c1O2. The van der Waals surface area contributed by atoms with Crippen LogP contribution < -0.4 is 9.47 Å². The average Bonchev–Trinajstić information content (AvgIpc) is 2.98. The lowest BCUT2D eigenvalue weighted by molar-refractivity contribution is 0.363. The number of ether oxygens (including phenoxy) is 2. The molecule has 7 aromatic rings. The van der Waals surface area contributed by atoms with E-state index in [1.54, 1.807) is 0 Å². The van der Waals surface area contributed by atoms with E-state index in [1.165, 1.54) is 21.5 Å². The molecule has 2 heterocycles. The van der Waals surface area contributed by atoms with Crippen LogP contribution in [0.3, 0.4) is 0 Å². The first-order chi connectivity index (χ1) is 18.8. The number of aromatic nitrogens is 1. The molecule has 0 amide bonds. The summed E-state index contributed by atoms with van der Waals surface area (Å²) < 4.78 is 12.6. The number of hydrogen-bond donors (Lipinski definition) is 0. The van der Waals surface area contributed by atoms with Crippen molar-refractivity contribution in [1.29, 1.82) is 0 Å². The highest BCUT2D eigenvalue weighted by Gasteiger charge is 2.23. The Labute approximate surface area is 219 Å². The fourth-order valence-electron chi connectivity index (χ4n) is 5.58. The Balaban J connectivity index is 1.30. The molecule has 1 aromatic heterocycles. The summed E-state index contributed by atoms with van der Waals surface area (Å²) in [5.41, 5.74) is 4.20. The van der Waals surface area contributed by atoms with Gasteiger partial charge in [0, 0.05) is 22.7 Å². The third-order valence-electron chi connectivity index (χ3n) is 7.34. The van der Waals surface area contributed by atoms with Gasteiger partial charge < -0.3 is 9.47 Å². The molecule has 0 spiro atoms. The van der Waals surface area contributed by atoms with E-state index in [0.29, 0.717) is 5.75 Å². The van der Waals surface area contributed by atoms with Crippen LogP contribution in [0.25, 0.3) is 54.7 Å². The van der Waals surface area contributed by atoms with Crippen molar-refractivity contribution in [2.45, 2.75) is 0 Å². The number of fused-ring (bicyclic) bond motifs is 6. The van der Waals surface area contributed by atoms with Gasteiger partial charge in [0.05, 0.1) is 5.69 Å². The molecule has 0 saturated heterocycles. The summed E-state index contributed by atoms with van der Waals surface area (Å²) in [6.45, 7) is 0. The molecule has 0 radical (unpaired) electrons. The zero-order chi connectivity index (χ0) is 25.1. The molecule has 38 heavy (non-hydrogen) atoms. The van der Waals surface area contributed by atoms with Crippen LogP contribution >= 0.6 is 0 Å². The molecule has 0 unspecified atom stereocenters. The molecule has 0 N–H and O–H groups in total. The minimum absolute atomic E-state index is 0.710. The zero-order valence-corrected chi connectivity index (χ0v) is 20.4. The molecule has 0 bridgehead atoms. The molecule has 0 fully saturated rings. The number of rotatable bonds is 2. The second-order valence-electron chi connectivity index (χ2n) is 9.57. The van der Waals surface area contributed by atoms with Gasteiger partial charge in [-0.05, 0) is 62.8 Å². The number of nitrogens with zero attached hydrogens (tertiary/aromatic N) is 1. The van der Waals surface area contributed by atoms with Gasteiger partial charge in [-0.25, -0.2) is 0 Å². The van der Waals surface area contributed by atoms with Crippen LogP contribution in [-0.2, 0) is 0 Å². The highest BCUT2D eigenvalue weighted by Crippen LogP contribution is 2.51. The first kappa shape index (κ1) is 21.0. The minimum Gasteiger partial charge on any atom is -0.449 e. The largest absolute Gasteiger partial charge is 0.449 e. The van der Waals surface area contributed by atoms with E-state index in [4.69, 9.17) is 14.5 Å². The fourth-order valence-corrected chi connectivity index (χ4v) is 5.58. The molecule has 0 aliphatic carbocycles. The van der Waals surface area contributed by atoms with Gasteiger partial charge in [-0.15, -0.1) is 0 Å². The van der Waals surface area contributed by atoms with Crippen molar-refractivity contribution in [2.24, 2.45) is 0 Å². The van der Waals surface area contributed by atoms with Gasteiger partial charge in [0.25, 0.3) is 0 Å². The standard InChI is InChI=1S/C35H21NO2/c1-3-11-25-22(9-1)19-23-10-2-4-12-26(23)34(25)30-18-17-24(21-36-30)29-20-33-35(28-14-6-5-13-27(28)29)38-32-16-8-7-15-31(32)37-33/h1-21H. The Hall–Kier alpha value is -5.15. The van der Waals surface area contributed by atoms with Crippen LogP contribution in [0.5, 0.6) is 23.0 Å². The Morgan fingerprint density at radius 1 is 0.474 bits per heavy atom. The minimum atomic E-state index is 0.710. The van der Waals surface area contributed by atoms with E-state index in [-0.39, 0.29) is 0 Å². The lowest BCUT2D eigenvalue weighted by Crippen LogP contribution is -2.00. The summed E-state index contributed by atoms with van der Waals surface area (Å²) >= 11 is 0. The van der Waals surface area contributed by atoms with Crippen molar-refractivity contribution in [3.63, 3.8) is 0 Å². The normalized spacial score (nSPS) is 12.1. The maximum absolute atomic E-state index is 6.30. The molecule has 0 atom stereocenters. The molecular weight excluding hydrogens is 466 g/mol. The maximum atomic E-state index is 6.30. The lowest BCUT2D eigenvalue weighted by atomic mass is 9.93. The third-order valence-corrected chi connectivity index (χ3v) is 7.34. The van der Waals surface area contributed by atoms with E-state index < -0.39 is 0 Å². The molecule has 1 aliphatic heterocycles. The topological polar surface area (TPSA) is 31.4 Å². The van der Waals surface area contributed by atoms with Gasteiger partial charge >= 0.3 is 0 Å². The van der Waals surface area contributed by atoms with Gasteiger partial charge in [0.1, 0.15) is 0 Å². The molecule has 3 heteroatoms. The second-order valence-corrected chi connectivity index (χ2v) is 9.57. The molecule has 178 valence electrons. The van der Waals surface area contributed by atoms with Crippen molar-refractivity contribution < 1.29 is 9.47 Å². The number of hydrogen-bond acceptors (Lipinski definition) is 3. The Kier molecular flexibility index (Phi) is 4.52. The van der Waals surface area contributed by atoms with Crippen molar-refractivity contribution in [3.05, 3.63) is 128 Å². The van der Waals surface area contributed by atoms with Crippen LogP contribution in [-0.4, -0.2) is 4.98 Å². The van der Waals surface area contributed by atoms with Gasteiger partial charge in [-0.3, -0.25) is 4.98 Å². The van der Waals surface area contributed by atoms with E-state index in [0.717, 1.165) is 50.4 Å². The highest BCUT2D eigenvalue weighted by molar-refractivity contribution is 6.12. The van der Waals surface area contributed by atoms with Crippen LogP contribution in [0.1, 0.15) is 0 Å². The predicted octanol–water partition coefficient (Wildman–Crippen LogP) is 9.77. The Morgan fingerprint density at radius 2 is 1.08 bits per heavy atom. The van der Waals surface area contributed by atoms with Crippen LogP contribution in [0, 0.1) is 0 Å². The molecule has 3 nitrogen and oxygen atoms in total. The van der Waals surface area contributed by atoms with Crippen molar-refractivity contribution in [1.82, 2.24) is 4.98 Å². The molecular formula is C35H21NO2.